The molecule has 4 nitrogen and oxygen atoms in total. The first-order valence-corrected chi connectivity index (χ1v) is 8.16. The Morgan fingerprint density at radius 3 is 2.69 bits per heavy atom. The van der Waals surface area contributed by atoms with Crippen molar-refractivity contribution in [2.45, 2.75) is 19.9 Å². The van der Waals surface area contributed by atoms with Gasteiger partial charge in [-0.05, 0) is 47.9 Å². The fraction of sp³-hybridized carbons (Fsp3) is 0.150. The van der Waals surface area contributed by atoms with Gasteiger partial charge in [0.1, 0.15) is 11.6 Å². The lowest BCUT2D eigenvalue weighted by Crippen LogP contribution is -2.26. The standard InChI is InChI=1S/C20H15F2N3O/c1-12-4-14(2-3-17(12)22)15-6-19-18(24-9-15)7-20(26)25(19)11-13-5-16(21)10-23-8-13/h2-6,8-10H,7,11H2,1H3. The summed E-state index contributed by atoms with van der Waals surface area (Å²) < 4.78 is 26.9. The molecule has 130 valence electrons. The average Bonchev–Trinajstić information content (AvgIpc) is 2.92. The molecule has 0 saturated carbocycles. The van der Waals surface area contributed by atoms with Gasteiger partial charge in [-0.2, -0.15) is 0 Å². The molecular formula is C20H15F2N3O. The minimum Gasteiger partial charge on any atom is -0.306 e. The molecular weight excluding hydrogens is 336 g/mol. The van der Waals surface area contributed by atoms with E-state index in [0.717, 1.165) is 17.3 Å². The molecule has 0 bridgehead atoms. The van der Waals surface area contributed by atoms with Crippen LogP contribution in [0.25, 0.3) is 11.1 Å². The number of pyridine rings is 2. The largest absolute Gasteiger partial charge is 0.306 e. The Balaban J connectivity index is 1.71. The number of fused-ring (bicyclic) bond motifs is 1. The Kier molecular flexibility index (Phi) is 3.95. The predicted octanol–water partition coefficient (Wildman–Crippen LogP) is 3.82. The van der Waals surface area contributed by atoms with Gasteiger partial charge in [0.15, 0.2) is 0 Å². The predicted molar refractivity (Wildman–Crippen MR) is 93.5 cm³/mol. The van der Waals surface area contributed by atoms with E-state index in [2.05, 4.69) is 9.97 Å². The number of hydrogen-bond acceptors (Lipinski definition) is 3. The molecule has 0 radical (unpaired) electrons. The van der Waals surface area contributed by atoms with Crippen molar-refractivity contribution in [3.8, 4) is 11.1 Å². The van der Waals surface area contributed by atoms with Crippen LogP contribution in [0.4, 0.5) is 14.5 Å². The topological polar surface area (TPSA) is 46.1 Å². The molecule has 1 amide bonds. The maximum Gasteiger partial charge on any atom is 0.233 e. The van der Waals surface area contributed by atoms with E-state index in [-0.39, 0.29) is 24.7 Å². The van der Waals surface area contributed by atoms with Crippen molar-refractivity contribution in [1.29, 1.82) is 0 Å². The number of carbonyl (C=O) groups excluding carboxylic acids is 1. The second-order valence-corrected chi connectivity index (χ2v) is 6.32. The maximum atomic E-state index is 13.5. The molecule has 0 unspecified atom stereocenters. The lowest BCUT2D eigenvalue weighted by Gasteiger charge is -2.18. The van der Waals surface area contributed by atoms with Crippen LogP contribution in [0.2, 0.25) is 0 Å². The van der Waals surface area contributed by atoms with Crippen molar-refractivity contribution in [2.24, 2.45) is 0 Å². The zero-order valence-electron chi connectivity index (χ0n) is 14.0. The van der Waals surface area contributed by atoms with Crippen molar-refractivity contribution < 1.29 is 13.6 Å². The summed E-state index contributed by atoms with van der Waals surface area (Å²) in [4.78, 5) is 22.2. The van der Waals surface area contributed by atoms with Crippen LogP contribution in [-0.2, 0) is 17.8 Å². The number of hydrogen-bond donors (Lipinski definition) is 0. The van der Waals surface area contributed by atoms with Gasteiger partial charge in [0, 0.05) is 18.0 Å². The monoisotopic (exact) mass is 351 g/mol. The summed E-state index contributed by atoms with van der Waals surface area (Å²) in [6.45, 7) is 1.93. The molecule has 0 spiro atoms. The first kappa shape index (κ1) is 16.3. The highest BCUT2D eigenvalue weighted by molar-refractivity contribution is 6.01. The Morgan fingerprint density at radius 1 is 1.08 bits per heavy atom. The smallest absolute Gasteiger partial charge is 0.233 e. The first-order valence-electron chi connectivity index (χ1n) is 8.16. The van der Waals surface area contributed by atoms with Crippen LogP contribution in [-0.4, -0.2) is 15.9 Å². The van der Waals surface area contributed by atoms with Gasteiger partial charge in [-0.1, -0.05) is 6.07 Å². The van der Waals surface area contributed by atoms with Crippen molar-refractivity contribution in [2.75, 3.05) is 4.90 Å². The number of amides is 1. The van der Waals surface area contributed by atoms with Crippen molar-refractivity contribution in [3.63, 3.8) is 0 Å². The molecule has 1 aliphatic heterocycles. The number of nitrogens with zero attached hydrogens (tertiary/aromatic N) is 3. The van der Waals surface area contributed by atoms with Crippen LogP contribution in [0.15, 0.2) is 48.9 Å². The molecule has 4 rings (SSSR count). The second-order valence-electron chi connectivity index (χ2n) is 6.32. The summed E-state index contributed by atoms with van der Waals surface area (Å²) in [7, 11) is 0. The Morgan fingerprint density at radius 2 is 1.92 bits per heavy atom. The van der Waals surface area contributed by atoms with E-state index in [1.165, 1.54) is 18.3 Å². The number of aromatic nitrogens is 2. The highest BCUT2D eigenvalue weighted by Gasteiger charge is 2.29. The molecule has 0 atom stereocenters. The number of halogens is 2. The minimum atomic E-state index is -0.442. The molecule has 26 heavy (non-hydrogen) atoms. The molecule has 0 N–H and O–H groups in total. The lowest BCUT2D eigenvalue weighted by atomic mass is 10.0. The number of anilines is 1. The first-order chi connectivity index (χ1) is 12.5. The highest BCUT2D eigenvalue weighted by atomic mass is 19.1. The minimum absolute atomic E-state index is 0.0933. The third kappa shape index (κ3) is 2.94. The third-order valence-electron chi connectivity index (χ3n) is 4.45. The van der Waals surface area contributed by atoms with Crippen molar-refractivity contribution >= 4 is 11.6 Å². The van der Waals surface area contributed by atoms with Gasteiger partial charge < -0.3 is 4.90 Å². The van der Waals surface area contributed by atoms with Crippen LogP contribution in [0.5, 0.6) is 0 Å². The molecule has 2 aromatic heterocycles. The Labute approximate surface area is 149 Å². The number of benzene rings is 1. The van der Waals surface area contributed by atoms with Gasteiger partial charge in [0.05, 0.1) is 30.5 Å². The lowest BCUT2D eigenvalue weighted by molar-refractivity contribution is -0.117. The van der Waals surface area contributed by atoms with Gasteiger partial charge >= 0.3 is 0 Å². The van der Waals surface area contributed by atoms with Crippen LogP contribution < -0.4 is 4.90 Å². The van der Waals surface area contributed by atoms with Gasteiger partial charge in [0.2, 0.25) is 5.91 Å². The van der Waals surface area contributed by atoms with E-state index in [1.807, 2.05) is 6.07 Å². The zero-order valence-corrected chi connectivity index (χ0v) is 14.0. The normalized spacial score (nSPS) is 13.2. The summed E-state index contributed by atoms with van der Waals surface area (Å²) in [5.41, 5.74) is 4.14. The summed E-state index contributed by atoms with van der Waals surface area (Å²) >= 11 is 0. The van der Waals surface area contributed by atoms with E-state index in [0.29, 0.717) is 22.5 Å². The van der Waals surface area contributed by atoms with Crippen LogP contribution in [0.1, 0.15) is 16.8 Å². The molecule has 0 fully saturated rings. The summed E-state index contributed by atoms with van der Waals surface area (Å²) in [6.07, 6.45) is 4.56. The number of aryl methyl sites for hydroxylation is 1. The van der Waals surface area contributed by atoms with Gasteiger partial charge in [-0.3, -0.25) is 14.8 Å². The van der Waals surface area contributed by atoms with Crippen LogP contribution in [0.3, 0.4) is 0 Å². The van der Waals surface area contributed by atoms with Crippen LogP contribution in [0, 0.1) is 18.6 Å². The molecule has 6 heteroatoms. The zero-order chi connectivity index (χ0) is 18.3. The van der Waals surface area contributed by atoms with Gasteiger partial charge in [-0.25, -0.2) is 8.78 Å². The summed E-state index contributed by atoms with van der Waals surface area (Å²) in [6, 6.07) is 8.07. The van der Waals surface area contributed by atoms with Gasteiger partial charge in [-0.15, -0.1) is 0 Å². The maximum absolute atomic E-state index is 13.5. The van der Waals surface area contributed by atoms with E-state index < -0.39 is 5.82 Å². The molecule has 3 heterocycles. The number of carbonyl (C=O) groups is 1. The van der Waals surface area contributed by atoms with E-state index in [1.54, 1.807) is 30.2 Å². The number of rotatable bonds is 3. The second kappa shape index (κ2) is 6.29. The highest BCUT2D eigenvalue weighted by Crippen LogP contribution is 2.33. The van der Waals surface area contributed by atoms with Crippen molar-refractivity contribution in [1.82, 2.24) is 9.97 Å². The Bertz CT molecular complexity index is 1020. The van der Waals surface area contributed by atoms with Crippen molar-refractivity contribution in [3.05, 3.63) is 77.4 Å². The van der Waals surface area contributed by atoms with E-state index >= 15 is 0 Å². The SMILES string of the molecule is Cc1cc(-c2cnc3c(c2)N(Cc2cncc(F)c2)C(=O)C3)ccc1F. The fourth-order valence-electron chi connectivity index (χ4n) is 3.10. The van der Waals surface area contributed by atoms with Crippen LogP contribution >= 0.6 is 0 Å². The molecule has 0 saturated heterocycles. The average molecular weight is 351 g/mol. The van der Waals surface area contributed by atoms with Gasteiger partial charge in [0.25, 0.3) is 0 Å². The molecule has 1 aromatic carbocycles. The van der Waals surface area contributed by atoms with E-state index in [4.69, 9.17) is 0 Å². The fourth-order valence-corrected chi connectivity index (χ4v) is 3.10. The quantitative estimate of drug-likeness (QED) is 0.721. The third-order valence-corrected chi connectivity index (χ3v) is 4.45. The van der Waals surface area contributed by atoms with E-state index in [9.17, 15) is 13.6 Å². The molecule has 3 aromatic rings. The molecule has 0 aliphatic carbocycles. The Hall–Kier alpha value is -3.15. The summed E-state index contributed by atoms with van der Waals surface area (Å²) in [5, 5.41) is 0. The summed E-state index contributed by atoms with van der Waals surface area (Å²) in [5.74, 6) is -0.800. The molecule has 1 aliphatic rings.